The number of aryl methyl sites for hydroxylation is 1. The van der Waals surface area contributed by atoms with Gasteiger partial charge in [-0.2, -0.15) is 10.2 Å². The van der Waals surface area contributed by atoms with Gasteiger partial charge in [-0.05, 0) is 54.4 Å². The molecule has 1 saturated heterocycles. The number of benzene rings is 3. The maximum atomic E-state index is 9.06. The summed E-state index contributed by atoms with van der Waals surface area (Å²) in [5, 5.41) is 20.2. The SMILES string of the molecule is Cc1ccc(Nc2nc(NCC3CNC3)c3ccc(-c4ccc(C#N)cc4)cc3n2)cc1. The Morgan fingerprint density at radius 1 is 0.969 bits per heavy atom. The van der Waals surface area contributed by atoms with E-state index < -0.39 is 0 Å². The van der Waals surface area contributed by atoms with Crippen LogP contribution >= 0.6 is 0 Å². The minimum atomic E-state index is 0.563. The lowest BCUT2D eigenvalue weighted by Crippen LogP contribution is -2.45. The third-order valence-electron chi connectivity index (χ3n) is 5.78. The maximum Gasteiger partial charge on any atom is 0.229 e. The Balaban J connectivity index is 1.52. The second-order valence-electron chi connectivity index (χ2n) is 8.21. The molecule has 1 aliphatic rings. The van der Waals surface area contributed by atoms with Gasteiger partial charge in [-0.1, -0.05) is 35.9 Å². The van der Waals surface area contributed by atoms with E-state index in [0.29, 0.717) is 17.4 Å². The van der Waals surface area contributed by atoms with Crippen molar-refractivity contribution < 1.29 is 0 Å². The molecule has 0 amide bonds. The Kier molecular flexibility index (Phi) is 5.40. The number of aromatic nitrogens is 2. The number of nitrogens with one attached hydrogen (secondary N) is 3. The lowest BCUT2D eigenvalue weighted by molar-refractivity contribution is 0.365. The van der Waals surface area contributed by atoms with Crippen molar-refractivity contribution in [3.63, 3.8) is 0 Å². The Morgan fingerprint density at radius 3 is 2.41 bits per heavy atom. The molecule has 0 aliphatic carbocycles. The molecule has 4 aromatic rings. The Morgan fingerprint density at radius 2 is 1.72 bits per heavy atom. The van der Waals surface area contributed by atoms with Gasteiger partial charge in [0.1, 0.15) is 5.82 Å². The number of rotatable bonds is 6. The summed E-state index contributed by atoms with van der Waals surface area (Å²) >= 11 is 0. The van der Waals surface area contributed by atoms with E-state index in [9.17, 15) is 0 Å². The molecule has 5 rings (SSSR count). The zero-order valence-electron chi connectivity index (χ0n) is 17.9. The van der Waals surface area contributed by atoms with Gasteiger partial charge in [0.25, 0.3) is 0 Å². The highest BCUT2D eigenvalue weighted by molar-refractivity contribution is 5.93. The van der Waals surface area contributed by atoms with Crippen molar-refractivity contribution >= 4 is 28.4 Å². The summed E-state index contributed by atoms with van der Waals surface area (Å²) < 4.78 is 0. The molecule has 1 fully saturated rings. The Labute approximate surface area is 187 Å². The second kappa shape index (κ2) is 8.66. The summed E-state index contributed by atoms with van der Waals surface area (Å²) in [6.07, 6.45) is 0. The highest BCUT2D eigenvalue weighted by Gasteiger charge is 2.17. The zero-order valence-corrected chi connectivity index (χ0v) is 17.9. The lowest BCUT2D eigenvalue weighted by atomic mass is 10.0. The standard InChI is InChI=1S/C26H24N6/c1-17-2-9-22(10-3-17)30-26-31-24-12-21(20-6-4-18(13-27)5-7-20)8-11-23(24)25(32-26)29-16-19-14-28-15-19/h2-12,19,28H,14-16H2,1H3,(H2,29,30,31,32). The minimum Gasteiger partial charge on any atom is -0.369 e. The normalized spacial score (nSPS) is 13.4. The van der Waals surface area contributed by atoms with Crippen molar-refractivity contribution in [1.29, 1.82) is 5.26 Å². The van der Waals surface area contributed by atoms with Crippen LogP contribution in [0.2, 0.25) is 0 Å². The zero-order chi connectivity index (χ0) is 21.9. The van der Waals surface area contributed by atoms with Crippen LogP contribution in [0.5, 0.6) is 0 Å². The molecular formula is C26H24N6. The summed E-state index contributed by atoms with van der Waals surface area (Å²) in [5.74, 6) is 2.02. The number of hydrogen-bond donors (Lipinski definition) is 3. The molecule has 0 radical (unpaired) electrons. The highest BCUT2D eigenvalue weighted by Crippen LogP contribution is 2.29. The van der Waals surface area contributed by atoms with Gasteiger partial charge in [-0.15, -0.1) is 0 Å². The molecule has 2 heterocycles. The van der Waals surface area contributed by atoms with Gasteiger partial charge in [-0.25, -0.2) is 4.98 Å². The van der Waals surface area contributed by atoms with Crippen LogP contribution < -0.4 is 16.0 Å². The second-order valence-corrected chi connectivity index (χ2v) is 8.21. The molecule has 6 nitrogen and oxygen atoms in total. The van der Waals surface area contributed by atoms with Gasteiger partial charge in [0.05, 0.1) is 17.1 Å². The molecule has 1 aliphatic heterocycles. The average Bonchev–Trinajstić information content (AvgIpc) is 2.79. The fourth-order valence-corrected chi connectivity index (χ4v) is 3.74. The van der Waals surface area contributed by atoms with E-state index in [1.165, 1.54) is 5.56 Å². The quantitative estimate of drug-likeness (QED) is 0.413. The third-order valence-corrected chi connectivity index (χ3v) is 5.78. The topological polar surface area (TPSA) is 85.7 Å². The molecular weight excluding hydrogens is 396 g/mol. The monoisotopic (exact) mass is 420 g/mol. The summed E-state index contributed by atoms with van der Waals surface area (Å²) in [6, 6.07) is 24.2. The van der Waals surface area contributed by atoms with E-state index in [4.69, 9.17) is 15.2 Å². The number of nitriles is 1. The van der Waals surface area contributed by atoms with E-state index in [1.807, 2.05) is 36.4 Å². The first-order chi connectivity index (χ1) is 15.7. The molecule has 0 atom stereocenters. The Bertz CT molecular complexity index is 1290. The predicted octanol–water partition coefficient (Wildman–Crippen LogP) is 4.85. The average molecular weight is 421 g/mol. The fraction of sp³-hybridized carbons (Fsp3) is 0.192. The van der Waals surface area contributed by atoms with E-state index in [0.717, 1.165) is 53.2 Å². The van der Waals surface area contributed by atoms with Gasteiger partial charge in [0.2, 0.25) is 5.95 Å². The Hall–Kier alpha value is -3.95. The molecule has 158 valence electrons. The van der Waals surface area contributed by atoms with Crippen LogP contribution in [0.3, 0.4) is 0 Å². The summed E-state index contributed by atoms with van der Waals surface area (Å²) in [4.78, 5) is 9.59. The first kappa shape index (κ1) is 20.0. The van der Waals surface area contributed by atoms with Crippen molar-refractivity contribution in [1.82, 2.24) is 15.3 Å². The number of nitrogens with zero attached hydrogens (tertiary/aromatic N) is 3. The van der Waals surface area contributed by atoms with Crippen molar-refractivity contribution in [2.45, 2.75) is 6.92 Å². The van der Waals surface area contributed by atoms with E-state index >= 15 is 0 Å². The molecule has 3 aromatic carbocycles. The third kappa shape index (κ3) is 4.25. The van der Waals surface area contributed by atoms with Crippen LogP contribution in [0.1, 0.15) is 11.1 Å². The van der Waals surface area contributed by atoms with Crippen molar-refractivity contribution in [2.75, 3.05) is 30.3 Å². The van der Waals surface area contributed by atoms with Crippen LogP contribution in [0, 0.1) is 24.2 Å². The molecule has 1 aromatic heterocycles. The molecule has 0 spiro atoms. The largest absolute Gasteiger partial charge is 0.369 e. The summed E-state index contributed by atoms with van der Waals surface area (Å²) in [6.45, 7) is 5.01. The van der Waals surface area contributed by atoms with E-state index in [1.54, 1.807) is 0 Å². The molecule has 3 N–H and O–H groups in total. The molecule has 6 heteroatoms. The number of anilines is 3. The first-order valence-corrected chi connectivity index (χ1v) is 10.8. The highest BCUT2D eigenvalue weighted by atomic mass is 15.1. The van der Waals surface area contributed by atoms with Crippen LogP contribution in [-0.2, 0) is 0 Å². The van der Waals surface area contributed by atoms with Gasteiger partial charge >= 0.3 is 0 Å². The van der Waals surface area contributed by atoms with Gasteiger partial charge in [-0.3, -0.25) is 0 Å². The molecule has 0 unspecified atom stereocenters. The van der Waals surface area contributed by atoms with Crippen LogP contribution in [0.25, 0.3) is 22.0 Å². The summed E-state index contributed by atoms with van der Waals surface area (Å²) in [7, 11) is 0. The van der Waals surface area contributed by atoms with Crippen LogP contribution in [0.15, 0.2) is 66.7 Å². The van der Waals surface area contributed by atoms with Gasteiger partial charge in [0, 0.05) is 36.6 Å². The van der Waals surface area contributed by atoms with Crippen LogP contribution in [-0.4, -0.2) is 29.6 Å². The fourth-order valence-electron chi connectivity index (χ4n) is 3.74. The maximum absolute atomic E-state index is 9.06. The van der Waals surface area contributed by atoms with Crippen molar-refractivity contribution in [2.24, 2.45) is 5.92 Å². The van der Waals surface area contributed by atoms with Crippen molar-refractivity contribution in [3.8, 4) is 17.2 Å². The number of fused-ring (bicyclic) bond motifs is 1. The lowest BCUT2D eigenvalue weighted by Gasteiger charge is -2.27. The summed E-state index contributed by atoms with van der Waals surface area (Å²) in [5.41, 5.74) is 5.78. The first-order valence-electron chi connectivity index (χ1n) is 10.8. The molecule has 0 saturated carbocycles. The molecule has 32 heavy (non-hydrogen) atoms. The molecule has 0 bridgehead atoms. The smallest absolute Gasteiger partial charge is 0.229 e. The van der Waals surface area contributed by atoms with E-state index in [2.05, 4.69) is 59.3 Å². The number of hydrogen-bond acceptors (Lipinski definition) is 6. The minimum absolute atomic E-state index is 0.563. The van der Waals surface area contributed by atoms with E-state index in [-0.39, 0.29) is 0 Å². The predicted molar refractivity (Wildman–Crippen MR) is 129 cm³/mol. The van der Waals surface area contributed by atoms with Gasteiger partial charge in [0.15, 0.2) is 0 Å². The van der Waals surface area contributed by atoms with Crippen LogP contribution in [0.4, 0.5) is 17.5 Å². The van der Waals surface area contributed by atoms with Crippen molar-refractivity contribution in [3.05, 3.63) is 77.9 Å². The van der Waals surface area contributed by atoms with Gasteiger partial charge < -0.3 is 16.0 Å².